The van der Waals surface area contributed by atoms with Gasteiger partial charge in [-0.2, -0.15) is 5.10 Å². The number of aryl methyl sites for hydroxylation is 1. The monoisotopic (exact) mass is 331 g/mol. The molecule has 1 aromatic heterocycles. The van der Waals surface area contributed by atoms with Crippen molar-refractivity contribution in [3.05, 3.63) is 65.4 Å². The number of aromatic nitrogens is 2. The average Bonchev–Trinajstić information content (AvgIpc) is 3.00. The Balaban J connectivity index is 1.22. The third-order valence-electron chi connectivity index (χ3n) is 6.05. The number of carbonyl (C=O) groups is 1. The maximum atomic E-state index is 12.4. The van der Waals surface area contributed by atoms with Gasteiger partial charge in [0.2, 0.25) is 5.91 Å². The second kappa shape index (κ2) is 5.45. The number of hydrogen-bond donors (Lipinski definition) is 2. The number of fused-ring (bicyclic) bond motifs is 3. The smallest absolute Gasteiger partial charge is 0.226 e. The van der Waals surface area contributed by atoms with Crippen molar-refractivity contribution in [2.75, 3.05) is 6.54 Å². The van der Waals surface area contributed by atoms with Gasteiger partial charge in [-0.05, 0) is 42.4 Å². The molecule has 1 spiro atoms. The van der Waals surface area contributed by atoms with E-state index in [1.54, 1.807) is 0 Å². The number of aromatic amines is 1. The Kier molecular flexibility index (Phi) is 3.20. The van der Waals surface area contributed by atoms with Crippen molar-refractivity contribution in [1.82, 2.24) is 15.5 Å². The van der Waals surface area contributed by atoms with Crippen LogP contribution < -0.4 is 5.32 Å². The van der Waals surface area contributed by atoms with Gasteiger partial charge in [-0.15, -0.1) is 0 Å². The second-order valence-electron chi connectivity index (χ2n) is 7.41. The highest BCUT2D eigenvalue weighted by atomic mass is 16.1. The lowest BCUT2D eigenvalue weighted by Gasteiger charge is -2.12. The van der Waals surface area contributed by atoms with Gasteiger partial charge in [-0.3, -0.25) is 9.89 Å². The van der Waals surface area contributed by atoms with Crippen LogP contribution in [0.2, 0.25) is 0 Å². The first kappa shape index (κ1) is 14.7. The molecule has 5 rings (SSSR count). The van der Waals surface area contributed by atoms with Crippen molar-refractivity contribution in [1.29, 1.82) is 0 Å². The number of H-pyrrole nitrogens is 1. The van der Waals surface area contributed by atoms with Gasteiger partial charge in [-0.25, -0.2) is 0 Å². The van der Waals surface area contributed by atoms with Gasteiger partial charge >= 0.3 is 0 Å². The second-order valence-corrected chi connectivity index (χ2v) is 7.41. The van der Waals surface area contributed by atoms with Crippen molar-refractivity contribution >= 4 is 16.8 Å². The Hall–Kier alpha value is -2.62. The Bertz CT molecular complexity index is 960. The van der Waals surface area contributed by atoms with Crippen LogP contribution in [0, 0.1) is 5.92 Å². The first-order chi connectivity index (χ1) is 12.3. The topological polar surface area (TPSA) is 57.8 Å². The minimum absolute atomic E-state index is 0.0720. The lowest BCUT2D eigenvalue weighted by atomic mass is 9.95. The van der Waals surface area contributed by atoms with Crippen molar-refractivity contribution in [2.45, 2.75) is 31.1 Å². The molecule has 3 aromatic rings. The summed E-state index contributed by atoms with van der Waals surface area (Å²) in [6, 6.07) is 16.7. The molecular formula is C21H21N3O. The molecule has 0 unspecified atom stereocenters. The summed E-state index contributed by atoms with van der Waals surface area (Å²) in [7, 11) is 0. The van der Waals surface area contributed by atoms with Gasteiger partial charge in [-0.1, -0.05) is 42.5 Å². The maximum Gasteiger partial charge on any atom is 0.226 e. The number of nitrogens with zero attached hydrogens (tertiary/aromatic N) is 1. The molecular weight excluding hydrogens is 310 g/mol. The highest BCUT2D eigenvalue weighted by molar-refractivity contribution is 5.87. The van der Waals surface area contributed by atoms with E-state index in [0.29, 0.717) is 17.8 Å². The normalized spacial score (nSPS) is 23.8. The van der Waals surface area contributed by atoms with Gasteiger partial charge < -0.3 is 5.32 Å². The molecule has 0 radical (unpaired) electrons. The predicted octanol–water partition coefficient (Wildman–Crippen LogP) is 3.13. The molecule has 2 aliphatic carbocycles. The molecule has 0 aliphatic heterocycles. The molecule has 0 bridgehead atoms. The van der Waals surface area contributed by atoms with Crippen molar-refractivity contribution < 1.29 is 4.79 Å². The van der Waals surface area contributed by atoms with Crippen LogP contribution in [0.3, 0.4) is 0 Å². The maximum absolute atomic E-state index is 12.4. The number of benzene rings is 2. The van der Waals surface area contributed by atoms with Gasteiger partial charge in [0.1, 0.15) is 0 Å². The minimum atomic E-state index is 0.0720. The van der Waals surface area contributed by atoms with Crippen LogP contribution in [0.5, 0.6) is 0 Å². The van der Waals surface area contributed by atoms with Gasteiger partial charge in [0.05, 0.1) is 17.6 Å². The summed E-state index contributed by atoms with van der Waals surface area (Å²) in [5, 5.41) is 11.4. The number of para-hydroxylation sites is 1. The molecule has 25 heavy (non-hydrogen) atoms. The molecule has 2 N–H and O–H groups in total. The van der Waals surface area contributed by atoms with E-state index in [1.165, 1.54) is 30.4 Å². The van der Waals surface area contributed by atoms with E-state index in [2.05, 4.69) is 39.8 Å². The SMILES string of the molecule is O=C(Cc1[nH]nc2ccccc12)NC[C@H]1C[C@]12CCc1ccccc12. The molecule has 1 amide bonds. The van der Waals surface area contributed by atoms with Gasteiger partial charge in [0, 0.05) is 17.3 Å². The Morgan fingerprint density at radius 2 is 2.04 bits per heavy atom. The summed E-state index contributed by atoms with van der Waals surface area (Å²) in [4.78, 5) is 12.4. The first-order valence-electron chi connectivity index (χ1n) is 9.03. The van der Waals surface area contributed by atoms with E-state index in [0.717, 1.165) is 23.1 Å². The van der Waals surface area contributed by atoms with Gasteiger partial charge in [0.15, 0.2) is 0 Å². The molecule has 126 valence electrons. The largest absolute Gasteiger partial charge is 0.355 e. The highest BCUT2D eigenvalue weighted by Gasteiger charge is 2.57. The zero-order valence-electron chi connectivity index (χ0n) is 14.1. The zero-order valence-corrected chi connectivity index (χ0v) is 14.1. The summed E-state index contributed by atoms with van der Waals surface area (Å²) >= 11 is 0. The van der Waals surface area contributed by atoms with Crippen LogP contribution in [-0.2, 0) is 23.1 Å². The minimum Gasteiger partial charge on any atom is -0.355 e. The fraction of sp³-hybridized carbons (Fsp3) is 0.333. The number of amides is 1. The highest BCUT2D eigenvalue weighted by Crippen LogP contribution is 2.61. The van der Waals surface area contributed by atoms with E-state index in [-0.39, 0.29) is 5.91 Å². The number of carbonyl (C=O) groups excluding carboxylic acids is 1. The lowest BCUT2D eigenvalue weighted by Crippen LogP contribution is -2.29. The van der Waals surface area contributed by atoms with E-state index >= 15 is 0 Å². The molecule has 4 nitrogen and oxygen atoms in total. The van der Waals surface area contributed by atoms with E-state index in [1.807, 2.05) is 24.3 Å². The predicted molar refractivity (Wildman–Crippen MR) is 97.4 cm³/mol. The molecule has 0 saturated heterocycles. The molecule has 2 aromatic carbocycles. The molecule has 4 heteroatoms. The fourth-order valence-electron chi connectivity index (χ4n) is 4.61. The van der Waals surface area contributed by atoms with Crippen LogP contribution in [0.1, 0.15) is 29.7 Å². The van der Waals surface area contributed by atoms with Crippen LogP contribution in [0.25, 0.3) is 10.9 Å². The first-order valence-corrected chi connectivity index (χ1v) is 9.03. The van der Waals surface area contributed by atoms with Crippen molar-refractivity contribution in [2.24, 2.45) is 5.92 Å². The fourth-order valence-corrected chi connectivity index (χ4v) is 4.61. The number of nitrogens with one attached hydrogen (secondary N) is 2. The van der Waals surface area contributed by atoms with Crippen molar-refractivity contribution in [3.8, 4) is 0 Å². The Morgan fingerprint density at radius 1 is 1.20 bits per heavy atom. The molecule has 1 saturated carbocycles. The van der Waals surface area contributed by atoms with E-state index in [9.17, 15) is 4.79 Å². The Labute approximate surface area is 146 Å². The standard InChI is InChI=1S/C21H21N3O/c25-20(11-19-16-6-2-4-8-18(16)23-24-19)22-13-15-12-21(15)10-9-14-5-1-3-7-17(14)21/h1-8,15H,9-13H2,(H,22,25)(H,23,24)/t15-,21-/m1/s1. The number of hydrogen-bond acceptors (Lipinski definition) is 2. The van der Waals surface area contributed by atoms with Crippen LogP contribution in [-0.4, -0.2) is 22.6 Å². The summed E-state index contributed by atoms with van der Waals surface area (Å²) in [6.07, 6.45) is 3.98. The third-order valence-corrected chi connectivity index (χ3v) is 6.05. The molecule has 2 aliphatic rings. The molecule has 1 fully saturated rings. The molecule has 1 heterocycles. The van der Waals surface area contributed by atoms with Crippen LogP contribution >= 0.6 is 0 Å². The average molecular weight is 331 g/mol. The number of rotatable bonds is 4. The summed E-state index contributed by atoms with van der Waals surface area (Å²) in [6.45, 7) is 0.777. The van der Waals surface area contributed by atoms with Crippen LogP contribution in [0.4, 0.5) is 0 Å². The van der Waals surface area contributed by atoms with Crippen LogP contribution in [0.15, 0.2) is 48.5 Å². The summed E-state index contributed by atoms with van der Waals surface area (Å²) < 4.78 is 0. The zero-order chi connectivity index (χ0) is 16.9. The quantitative estimate of drug-likeness (QED) is 0.772. The third kappa shape index (κ3) is 2.36. The van der Waals surface area contributed by atoms with E-state index < -0.39 is 0 Å². The van der Waals surface area contributed by atoms with E-state index in [4.69, 9.17) is 0 Å². The Morgan fingerprint density at radius 3 is 3.00 bits per heavy atom. The summed E-state index contributed by atoms with van der Waals surface area (Å²) in [5.74, 6) is 0.654. The lowest BCUT2D eigenvalue weighted by molar-refractivity contribution is -0.120. The van der Waals surface area contributed by atoms with Crippen molar-refractivity contribution in [3.63, 3.8) is 0 Å². The molecule has 2 atom stereocenters. The van der Waals surface area contributed by atoms with Gasteiger partial charge in [0.25, 0.3) is 0 Å². The summed E-state index contributed by atoms with van der Waals surface area (Å²) in [5.41, 5.74) is 5.16.